The van der Waals surface area contributed by atoms with Crippen molar-refractivity contribution in [3.63, 3.8) is 0 Å². The van der Waals surface area contributed by atoms with Crippen LogP contribution in [-0.4, -0.2) is 5.48 Å². The van der Waals surface area contributed by atoms with Gasteiger partial charge in [0.2, 0.25) is 0 Å². The molecule has 0 rings (SSSR count). The fourth-order valence-electron chi connectivity index (χ4n) is 0. The summed E-state index contributed by atoms with van der Waals surface area (Å²) in [5.74, 6) is 8.00. The molecule has 0 aromatic carbocycles. The minimum atomic E-state index is 0. The van der Waals surface area contributed by atoms with E-state index in [1.54, 1.807) is 0 Å². The Kier molecular flexibility index (Phi) is 796. The molecule has 0 atom stereocenters. The SMILES string of the molecule is NN.O.[Fe]. The maximum atomic E-state index is 4.00. The van der Waals surface area contributed by atoms with E-state index >= 15 is 0 Å². The van der Waals surface area contributed by atoms with Gasteiger partial charge in [-0.2, -0.15) is 0 Å². The van der Waals surface area contributed by atoms with Crippen molar-refractivity contribution in [3.05, 3.63) is 0 Å². The molecule has 3 nitrogen and oxygen atoms in total. The summed E-state index contributed by atoms with van der Waals surface area (Å²) in [4.78, 5) is 0. The molecule has 4 heavy (non-hydrogen) atoms. The molecule has 0 saturated carbocycles. The molecule has 0 aliphatic heterocycles. The van der Waals surface area contributed by atoms with Crippen molar-refractivity contribution in [1.82, 2.24) is 0 Å². The number of hydrazine groups is 1. The van der Waals surface area contributed by atoms with Gasteiger partial charge in [-0.25, -0.2) is 0 Å². The molecular formula is H6FeN2O. The van der Waals surface area contributed by atoms with Gasteiger partial charge < -0.3 is 5.48 Å². The second-order valence-electron chi connectivity index (χ2n) is 0. The molecule has 0 unspecified atom stereocenters. The first-order valence-corrected chi connectivity index (χ1v) is 0.333. The van der Waals surface area contributed by atoms with Crippen LogP contribution in [0.5, 0.6) is 0 Å². The third kappa shape index (κ3) is 29.4. The predicted octanol–water partition coefficient (Wildman–Crippen LogP) is -2.01. The van der Waals surface area contributed by atoms with Crippen LogP contribution in [0, 0.1) is 0 Å². The van der Waals surface area contributed by atoms with E-state index in [-0.39, 0.29) is 22.5 Å². The summed E-state index contributed by atoms with van der Waals surface area (Å²) in [6.07, 6.45) is 0. The van der Waals surface area contributed by atoms with Crippen molar-refractivity contribution in [3.8, 4) is 0 Å². The quantitative estimate of drug-likeness (QED) is 0.212. The molecular weight excluding hydrogens is 99.9 g/mol. The van der Waals surface area contributed by atoms with Crippen LogP contribution in [0.1, 0.15) is 0 Å². The molecule has 0 bridgehead atoms. The normalized spacial score (nSPS) is 1.50. The summed E-state index contributed by atoms with van der Waals surface area (Å²) in [5, 5.41) is 0. The van der Waals surface area contributed by atoms with Gasteiger partial charge in [-0.15, -0.1) is 0 Å². The van der Waals surface area contributed by atoms with Crippen molar-refractivity contribution in [2.75, 3.05) is 0 Å². The Morgan fingerprint density at radius 1 is 1.00 bits per heavy atom. The summed E-state index contributed by atoms with van der Waals surface area (Å²) in [5.41, 5.74) is 0. The zero-order chi connectivity index (χ0) is 2.00. The van der Waals surface area contributed by atoms with E-state index < -0.39 is 0 Å². The third-order valence-corrected chi connectivity index (χ3v) is 0. The minimum absolute atomic E-state index is 0. The summed E-state index contributed by atoms with van der Waals surface area (Å²) >= 11 is 0. The largest absolute Gasteiger partial charge is 0.412 e. The third-order valence-electron chi connectivity index (χ3n) is 0. The molecule has 0 aliphatic rings. The number of rotatable bonds is 0. The monoisotopic (exact) mass is 106 g/mol. The Labute approximate surface area is 35.1 Å². The Hall–Kier alpha value is 0.399. The number of hydrogen-bond acceptors (Lipinski definition) is 2. The molecule has 0 amide bonds. The summed E-state index contributed by atoms with van der Waals surface area (Å²) < 4.78 is 0. The molecule has 0 radical (unpaired) electrons. The molecule has 0 aromatic heterocycles. The average Bonchev–Trinajstić information content (AvgIpc) is 1.00. The molecule has 0 spiro atoms. The van der Waals surface area contributed by atoms with Crippen LogP contribution in [0.3, 0.4) is 0 Å². The first kappa shape index (κ1) is 26.0. The Morgan fingerprint density at radius 3 is 1.00 bits per heavy atom. The van der Waals surface area contributed by atoms with E-state index in [0.717, 1.165) is 0 Å². The maximum Gasteiger partial charge on any atom is 0 e. The van der Waals surface area contributed by atoms with Crippen molar-refractivity contribution in [2.45, 2.75) is 0 Å². The maximum absolute atomic E-state index is 4.00. The molecule has 30 valence electrons. The van der Waals surface area contributed by atoms with Crippen LogP contribution < -0.4 is 11.7 Å². The van der Waals surface area contributed by atoms with Crippen molar-refractivity contribution in [2.24, 2.45) is 11.7 Å². The van der Waals surface area contributed by atoms with Crippen molar-refractivity contribution >= 4 is 0 Å². The zero-order valence-corrected chi connectivity index (χ0v) is 3.11. The fourth-order valence-corrected chi connectivity index (χ4v) is 0. The second kappa shape index (κ2) is 123. The van der Waals surface area contributed by atoms with Gasteiger partial charge in [-0.1, -0.05) is 0 Å². The summed E-state index contributed by atoms with van der Waals surface area (Å²) in [7, 11) is 0. The van der Waals surface area contributed by atoms with Crippen LogP contribution in [0.4, 0.5) is 0 Å². The standard InChI is InChI=1S/Fe.H4N2.H2O/c;1-2;/h;1-2H2;1H2. The Morgan fingerprint density at radius 2 is 1.00 bits per heavy atom. The van der Waals surface area contributed by atoms with Crippen LogP contribution in [0.25, 0.3) is 0 Å². The molecule has 6 N–H and O–H groups in total. The summed E-state index contributed by atoms with van der Waals surface area (Å²) in [6, 6.07) is 0. The van der Waals surface area contributed by atoms with Gasteiger partial charge in [-0.05, 0) is 0 Å². The van der Waals surface area contributed by atoms with Crippen molar-refractivity contribution < 1.29 is 22.5 Å². The molecule has 0 heterocycles. The topological polar surface area (TPSA) is 83.5 Å². The number of hydrogen-bond donors (Lipinski definition) is 2. The second-order valence-corrected chi connectivity index (χ2v) is 0. The fraction of sp³-hybridized carbons (Fsp3) is 0. The van der Waals surface area contributed by atoms with E-state index in [1.165, 1.54) is 0 Å². The van der Waals surface area contributed by atoms with Gasteiger partial charge in [0.05, 0.1) is 0 Å². The van der Waals surface area contributed by atoms with Crippen molar-refractivity contribution in [1.29, 1.82) is 0 Å². The minimum Gasteiger partial charge on any atom is -0.412 e. The summed E-state index contributed by atoms with van der Waals surface area (Å²) in [6.45, 7) is 0. The van der Waals surface area contributed by atoms with Crippen LogP contribution in [0.2, 0.25) is 0 Å². The molecule has 0 saturated heterocycles. The number of nitrogens with two attached hydrogens (primary N) is 2. The average molecular weight is 106 g/mol. The van der Waals surface area contributed by atoms with E-state index in [2.05, 4.69) is 11.7 Å². The Bertz CT molecular complexity index is 6.00. The first-order chi connectivity index (χ1) is 1.00. The van der Waals surface area contributed by atoms with E-state index in [4.69, 9.17) is 0 Å². The first-order valence-electron chi connectivity index (χ1n) is 0.333. The smallest absolute Gasteiger partial charge is 0 e. The van der Waals surface area contributed by atoms with Gasteiger partial charge in [-0.3, -0.25) is 11.7 Å². The molecule has 0 fully saturated rings. The molecule has 0 aliphatic carbocycles. The van der Waals surface area contributed by atoms with Crippen LogP contribution in [-0.2, 0) is 17.1 Å². The van der Waals surface area contributed by atoms with E-state index in [9.17, 15) is 0 Å². The van der Waals surface area contributed by atoms with Gasteiger partial charge >= 0.3 is 0 Å². The molecule has 4 heteroatoms. The Balaban J connectivity index is -0.00000000500. The van der Waals surface area contributed by atoms with E-state index in [0.29, 0.717) is 0 Å². The van der Waals surface area contributed by atoms with Gasteiger partial charge in [0, 0.05) is 17.1 Å². The van der Waals surface area contributed by atoms with Gasteiger partial charge in [0.25, 0.3) is 0 Å². The van der Waals surface area contributed by atoms with E-state index in [1.807, 2.05) is 0 Å². The zero-order valence-electron chi connectivity index (χ0n) is 2.01. The van der Waals surface area contributed by atoms with Crippen LogP contribution >= 0.6 is 0 Å². The van der Waals surface area contributed by atoms with Gasteiger partial charge in [0.15, 0.2) is 0 Å². The van der Waals surface area contributed by atoms with Gasteiger partial charge in [0.1, 0.15) is 0 Å². The van der Waals surface area contributed by atoms with Crippen LogP contribution in [0.15, 0.2) is 0 Å². The molecule has 0 aromatic rings. The predicted molar refractivity (Wildman–Crippen MR) is 12.0 cm³/mol.